The predicted octanol–water partition coefficient (Wildman–Crippen LogP) is 2.65. The zero-order chi connectivity index (χ0) is 15.2. The Morgan fingerprint density at radius 2 is 1.90 bits per heavy atom. The second-order valence-electron chi connectivity index (χ2n) is 5.18. The average molecular weight is 286 g/mol. The molecule has 4 heteroatoms. The molecule has 1 atom stereocenters. The molecule has 0 saturated heterocycles. The fourth-order valence-corrected chi connectivity index (χ4v) is 2.17. The van der Waals surface area contributed by atoms with Crippen LogP contribution in [-0.2, 0) is 13.0 Å². The maximum atomic E-state index is 12.8. The van der Waals surface area contributed by atoms with E-state index in [0.717, 1.165) is 17.5 Å². The van der Waals surface area contributed by atoms with Gasteiger partial charge in [-0.3, -0.25) is 4.79 Å². The quantitative estimate of drug-likeness (QED) is 0.857. The van der Waals surface area contributed by atoms with E-state index in [2.05, 4.69) is 12.2 Å². The molecular formula is C17H19FN2O. The van der Waals surface area contributed by atoms with E-state index >= 15 is 0 Å². The first-order valence-electron chi connectivity index (χ1n) is 6.91. The third-order valence-electron chi connectivity index (χ3n) is 3.32. The van der Waals surface area contributed by atoms with Gasteiger partial charge in [-0.1, -0.05) is 24.3 Å². The van der Waals surface area contributed by atoms with Crippen LogP contribution >= 0.6 is 0 Å². The van der Waals surface area contributed by atoms with E-state index in [9.17, 15) is 9.18 Å². The van der Waals surface area contributed by atoms with Crippen LogP contribution in [-0.4, -0.2) is 11.9 Å². The van der Waals surface area contributed by atoms with Gasteiger partial charge < -0.3 is 11.1 Å². The fourth-order valence-electron chi connectivity index (χ4n) is 2.17. The number of nitrogens with two attached hydrogens (primary N) is 1. The van der Waals surface area contributed by atoms with Gasteiger partial charge in [0.25, 0.3) is 0 Å². The summed E-state index contributed by atoms with van der Waals surface area (Å²) in [6.07, 6.45) is 0.815. The highest BCUT2D eigenvalue weighted by molar-refractivity contribution is 5.92. The van der Waals surface area contributed by atoms with E-state index in [1.165, 1.54) is 12.1 Å². The zero-order valence-electron chi connectivity index (χ0n) is 12.0. The smallest absolute Gasteiger partial charge is 0.248 e. The minimum atomic E-state index is -0.420. The normalized spacial score (nSPS) is 12.1. The molecule has 0 aliphatic rings. The molecule has 3 N–H and O–H groups in total. The van der Waals surface area contributed by atoms with Crippen LogP contribution in [0.2, 0.25) is 0 Å². The molecule has 0 aliphatic heterocycles. The molecule has 110 valence electrons. The minimum absolute atomic E-state index is 0.220. The summed E-state index contributed by atoms with van der Waals surface area (Å²) in [5, 5.41) is 3.38. The van der Waals surface area contributed by atoms with Gasteiger partial charge in [-0.05, 0) is 48.7 Å². The first kappa shape index (κ1) is 15.2. The van der Waals surface area contributed by atoms with Gasteiger partial charge in [-0.25, -0.2) is 4.39 Å². The molecule has 0 spiro atoms. The fraction of sp³-hybridized carbons (Fsp3) is 0.235. The molecule has 2 aromatic rings. The number of hydrogen-bond donors (Lipinski definition) is 2. The molecule has 0 fully saturated rings. The van der Waals surface area contributed by atoms with Crippen molar-refractivity contribution in [3.63, 3.8) is 0 Å². The summed E-state index contributed by atoms with van der Waals surface area (Å²) >= 11 is 0. The predicted molar refractivity (Wildman–Crippen MR) is 81.4 cm³/mol. The summed E-state index contributed by atoms with van der Waals surface area (Å²) in [7, 11) is 0. The highest BCUT2D eigenvalue weighted by Gasteiger charge is 2.05. The van der Waals surface area contributed by atoms with Crippen molar-refractivity contribution < 1.29 is 9.18 Å². The van der Waals surface area contributed by atoms with Gasteiger partial charge >= 0.3 is 0 Å². The second-order valence-corrected chi connectivity index (χ2v) is 5.18. The molecule has 1 amide bonds. The molecule has 0 bridgehead atoms. The Kier molecular flexibility index (Phi) is 5.06. The summed E-state index contributed by atoms with van der Waals surface area (Å²) in [5.74, 6) is -0.640. The molecule has 0 radical (unpaired) electrons. The lowest BCUT2D eigenvalue weighted by Gasteiger charge is -2.14. The second kappa shape index (κ2) is 6.99. The molecule has 2 rings (SSSR count). The molecule has 0 heterocycles. The zero-order valence-corrected chi connectivity index (χ0v) is 12.0. The van der Waals surface area contributed by atoms with Crippen molar-refractivity contribution in [2.24, 2.45) is 5.73 Å². The number of nitrogens with one attached hydrogen (secondary N) is 1. The molecule has 3 nitrogen and oxygen atoms in total. The van der Waals surface area contributed by atoms with Crippen LogP contribution in [0, 0.1) is 5.82 Å². The van der Waals surface area contributed by atoms with Crippen molar-refractivity contribution >= 4 is 5.91 Å². The Bertz CT molecular complexity index is 610. The molecule has 21 heavy (non-hydrogen) atoms. The maximum absolute atomic E-state index is 12.8. The van der Waals surface area contributed by atoms with Crippen molar-refractivity contribution in [3.05, 3.63) is 71.0 Å². The first-order chi connectivity index (χ1) is 10.0. The van der Waals surface area contributed by atoms with Gasteiger partial charge in [-0.2, -0.15) is 0 Å². The number of benzene rings is 2. The van der Waals surface area contributed by atoms with Crippen LogP contribution in [0.4, 0.5) is 4.39 Å². The number of primary amides is 1. The van der Waals surface area contributed by atoms with Crippen molar-refractivity contribution in [1.82, 2.24) is 5.32 Å². The first-order valence-corrected chi connectivity index (χ1v) is 6.91. The van der Waals surface area contributed by atoms with Crippen LogP contribution in [0.5, 0.6) is 0 Å². The van der Waals surface area contributed by atoms with Crippen LogP contribution in [0.15, 0.2) is 48.5 Å². The lowest BCUT2D eigenvalue weighted by Crippen LogP contribution is -2.27. The van der Waals surface area contributed by atoms with E-state index < -0.39 is 5.91 Å². The lowest BCUT2D eigenvalue weighted by molar-refractivity contribution is 0.1000. The van der Waals surface area contributed by atoms with Crippen LogP contribution in [0.3, 0.4) is 0 Å². The molecule has 2 aromatic carbocycles. The summed E-state index contributed by atoms with van der Waals surface area (Å²) in [5.41, 5.74) is 7.87. The van der Waals surface area contributed by atoms with Crippen molar-refractivity contribution in [2.45, 2.75) is 25.9 Å². The van der Waals surface area contributed by atoms with E-state index in [0.29, 0.717) is 12.1 Å². The van der Waals surface area contributed by atoms with Gasteiger partial charge in [0, 0.05) is 18.2 Å². The highest BCUT2D eigenvalue weighted by Crippen LogP contribution is 2.08. The van der Waals surface area contributed by atoms with Crippen molar-refractivity contribution in [3.8, 4) is 0 Å². The highest BCUT2D eigenvalue weighted by atomic mass is 19.1. The molecular weight excluding hydrogens is 267 g/mol. The van der Waals surface area contributed by atoms with E-state index in [4.69, 9.17) is 5.73 Å². The average Bonchev–Trinajstić information content (AvgIpc) is 2.48. The van der Waals surface area contributed by atoms with Gasteiger partial charge in [0.05, 0.1) is 0 Å². The molecule has 0 saturated carbocycles. The third-order valence-corrected chi connectivity index (χ3v) is 3.32. The topological polar surface area (TPSA) is 55.1 Å². The summed E-state index contributed by atoms with van der Waals surface area (Å²) < 4.78 is 12.8. The number of hydrogen-bond acceptors (Lipinski definition) is 2. The standard InChI is InChI=1S/C17H19FN2O/c1-12(9-13-5-7-16(18)8-6-13)20-11-14-3-2-4-15(10-14)17(19)21/h2-8,10,12,20H,9,11H2,1H3,(H2,19,21). The monoisotopic (exact) mass is 286 g/mol. The third kappa shape index (κ3) is 4.68. The number of amides is 1. The Morgan fingerprint density at radius 1 is 1.19 bits per heavy atom. The Balaban J connectivity index is 1.89. The Labute approximate surface area is 124 Å². The van der Waals surface area contributed by atoms with Gasteiger partial charge in [0.15, 0.2) is 0 Å². The van der Waals surface area contributed by atoms with E-state index in [1.807, 2.05) is 12.1 Å². The minimum Gasteiger partial charge on any atom is -0.366 e. The Morgan fingerprint density at radius 3 is 2.57 bits per heavy atom. The number of carbonyl (C=O) groups is 1. The van der Waals surface area contributed by atoms with E-state index in [-0.39, 0.29) is 11.9 Å². The maximum Gasteiger partial charge on any atom is 0.248 e. The van der Waals surface area contributed by atoms with Crippen molar-refractivity contribution in [1.29, 1.82) is 0 Å². The molecule has 0 aliphatic carbocycles. The van der Waals surface area contributed by atoms with Crippen LogP contribution in [0.25, 0.3) is 0 Å². The summed E-state index contributed by atoms with van der Waals surface area (Å²) in [4.78, 5) is 11.1. The Hall–Kier alpha value is -2.20. The lowest BCUT2D eigenvalue weighted by atomic mass is 10.1. The van der Waals surface area contributed by atoms with Gasteiger partial charge in [0.1, 0.15) is 5.82 Å². The van der Waals surface area contributed by atoms with E-state index in [1.54, 1.807) is 24.3 Å². The summed E-state index contributed by atoms with van der Waals surface area (Å²) in [6.45, 7) is 2.73. The van der Waals surface area contributed by atoms with Gasteiger partial charge in [-0.15, -0.1) is 0 Å². The number of carbonyl (C=O) groups excluding carboxylic acids is 1. The van der Waals surface area contributed by atoms with Crippen molar-refractivity contribution in [2.75, 3.05) is 0 Å². The number of rotatable bonds is 6. The largest absolute Gasteiger partial charge is 0.366 e. The van der Waals surface area contributed by atoms with Crippen LogP contribution in [0.1, 0.15) is 28.4 Å². The molecule has 0 aromatic heterocycles. The summed E-state index contributed by atoms with van der Waals surface area (Å²) in [6, 6.07) is 14.0. The van der Waals surface area contributed by atoms with Crippen LogP contribution < -0.4 is 11.1 Å². The number of halogens is 1. The van der Waals surface area contributed by atoms with Gasteiger partial charge in [0.2, 0.25) is 5.91 Å². The molecule has 1 unspecified atom stereocenters. The SMILES string of the molecule is CC(Cc1ccc(F)cc1)NCc1cccc(C(N)=O)c1.